The Bertz CT molecular complexity index is 751. The minimum Gasteiger partial charge on any atom is -0.324 e. The number of fused-ring (bicyclic) bond motifs is 1. The molecule has 1 aliphatic rings. The Labute approximate surface area is 126 Å². The van der Waals surface area contributed by atoms with Crippen molar-refractivity contribution in [3.63, 3.8) is 0 Å². The van der Waals surface area contributed by atoms with Gasteiger partial charge >= 0.3 is 0 Å². The Morgan fingerprint density at radius 1 is 1.50 bits per heavy atom. The van der Waals surface area contributed by atoms with Crippen molar-refractivity contribution in [1.82, 2.24) is 13.9 Å². The standard InChI is InChI=1S/C12H14ClN3O2S2/c1-8-9-4-6-19-10(9)3-5-16(8)20(17,18)12-11(13)15(2)7-14-12/h4,6-8H,3,5H2,1-2H3. The highest BCUT2D eigenvalue weighted by Crippen LogP contribution is 2.37. The van der Waals surface area contributed by atoms with Gasteiger partial charge in [0.15, 0.2) is 0 Å². The van der Waals surface area contributed by atoms with Gasteiger partial charge in [-0.1, -0.05) is 11.6 Å². The summed E-state index contributed by atoms with van der Waals surface area (Å²) < 4.78 is 28.4. The van der Waals surface area contributed by atoms with Gasteiger partial charge < -0.3 is 4.57 Å². The third-order valence-corrected chi connectivity index (χ3v) is 7.07. The molecule has 0 bridgehead atoms. The zero-order valence-corrected chi connectivity index (χ0v) is 13.5. The van der Waals surface area contributed by atoms with Crippen LogP contribution >= 0.6 is 22.9 Å². The lowest BCUT2D eigenvalue weighted by atomic mass is 10.0. The van der Waals surface area contributed by atoms with Crippen LogP contribution in [0, 0.1) is 0 Å². The van der Waals surface area contributed by atoms with E-state index in [1.165, 1.54) is 20.1 Å². The number of hydrogen-bond acceptors (Lipinski definition) is 4. The monoisotopic (exact) mass is 331 g/mol. The Hall–Kier alpha value is -0.890. The van der Waals surface area contributed by atoms with Crippen molar-refractivity contribution in [1.29, 1.82) is 0 Å². The largest absolute Gasteiger partial charge is 0.324 e. The van der Waals surface area contributed by atoms with Gasteiger partial charge in [0, 0.05) is 24.5 Å². The van der Waals surface area contributed by atoms with E-state index < -0.39 is 10.0 Å². The third kappa shape index (κ3) is 2.00. The minimum absolute atomic E-state index is 0.0628. The molecule has 20 heavy (non-hydrogen) atoms. The van der Waals surface area contributed by atoms with E-state index in [0.717, 1.165) is 12.0 Å². The Morgan fingerprint density at radius 3 is 2.90 bits per heavy atom. The molecule has 2 aromatic heterocycles. The fourth-order valence-corrected chi connectivity index (χ4v) is 5.46. The van der Waals surface area contributed by atoms with Gasteiger partial charge in [0.25, 0.3) is 10.0 Å². The Balaban J connectivity index is 2.03. The number of imidazole rings is 1. The molecule has 0 spiro atoms. The molecule has 8 heteroatoms. The van der Waals surface area contributed by atoms with Crippen molar-refractivity contribution >= 4 is 33.0 Å². The maximum absolute atomic E-state index is 12.7. The van der Waals surface area contributed by atoms with Gasteiger partial charge in [-0.3, -0.25) is 0 Å². The molecule has 0 fully saturated rings. The second kappa shape index (κ2) is 4.84. The first-order valence-electron chi connectivity index (χ1n) is 6.18. The van der Waals surface area contributed by atoms with Gasteiger partial charge in [-0.25, -0.2) is 13.4 Å². The van der Waals surface area contributed by atoms with Crippen LogP contribution in [-0.2, 0) is 23.5 Å². The molecular weight excluding hydrogens is 318 g/mol. The molecule has 3 rings (SSSR count). The van der Waals surface area contributed by atoms with Crippen molar-refractivity contribution in [3.8, 4) is 0 Å². The number of aromatic nitrogens is 2. The van der Waals surface area contributed by atoms with Crippen LogP contribution < -0.4 is 0 Å². The molecule has 0 aliphatic carbocycles. The average molecular weight is 332 g/mol. The summed E-state index contributed by atoms with van der Waals surface area (Å²) in [6.45, 7) is 2.36. The van der Waals surface area contributed by atoms with Crippen LogP contribution in [0.15, 0.2) is 22.8 Å². The molecule has 2 aromatic rings. The number of halogens is 1. The van der Waals surface area contributed by atoms with Gasteiger partial charge in [0.05, 0.1) is 6.33 Å². The molecule has 3 heterocycles. The Morgan fingerprint density at radius 2 is 2.25 bits per heavy atom. The number of rotatable bonds is 2. The molecule has 5 nitrogen and oxygen atoms in total. The highest BCUT2D eigenvalue weighted by molar-refractivity contribution is 7.89. The summed E-state index contributed by atoms with van der Waals surface area (Å²) in [5.74, 6) is 0. The lowest BCUT2D eigenvalue weighted by molar-refractivity contribution is 0.328. The van der Waals surface area contributed by atoms with E-state index in [2.05, 4.69) is 4.98 Å². The van der Waals surface area contributed by atoms with Crippen LogP contribution in [0.3, 0.4) is 0 Å². The maximum Gasteiger partial charge on any atom is 0.264 e. The molecule has 108 valence electrons. The second-order valence-electron chi connectivity index (χ2n) is 4.79. The summed E-state index contributed by atoms with van der Waals surface area (Å²) in [5.41, 5.74) is 1.08. The molecule has 0 aromatic carbocycles. The van der Waals surface area contributed by atoms with E-state index in [9.17, 15) is 8.42 Å². The lowest BCUT2D eigenvalue weighted by Crippen LogP contribution is -2.38. The first-order chi connectivity index (χ1) is 9.43. The summed E-state index contributed by atoms with van der Waals surface area (Å²) in [7, 11) is -2.00. The van der Waals surface area contributed by atoms with Gasteiger partial charge in [0.2, 0.25) is 5.03 Å². The van der Waals surface area contributed by atoms with E-state index >= 15 is 0 Å². The van der Waals surface area contributed by atoms with Crippen molar-refractivity contribution in [2.75, 3.05) is 6.54 Å². The fourth-order valence-electron chi connectivity index (χ4n) is 2.49. The van der Waals surface area contributed by atoms with Gasteiger partial charge in [-0.2, -0.15) is 4.31 Å². The quantitative estimate of drug-likeness (QED) is 0.849. The van der Waals surface area contributed by atoms with Crippen molar-refractivity contribution in [2.24, 2.45) is 7.05 Å². The van der Waals surface area contributed by atoms with Crippen LogP contribution in [0.25, 0.3) is 0 Å². The van der Waals surface area contributed by atoms with E-state index in [4.69, 9.17) is 11.6 Å². The molecular formula is C12H14ClN3O2S2. The van der Waals surface area contributed by atoms with Gasteiger partial charge in [-0.15, -0.1) is 11.3 Å². The summed E-state index contributed by atoms with van der Waals surface area (Å²) in [5, 5.41) is 2.09. The number of thiophene rings is 1. The normalized spacial score (nSPS) is 20.1. The molecule has 0 N–H and O–H groups in total. The molecule has 0 saturated carbocycles. The lowest BCUT2D eigenvalue weighted by Gasteiger charge is -2.31. The summed E-state index contributed by atoms with van der Waals surface area (Å²) >= 11 is 7.71. The highest BCUT2D eigenvalue weighted by Gasteiger charge is 2.37. The van der Waals surface area contributed by atoms with E-state index in [0.29, 0.717) is 6.54 Å². The average Bonchev–Trinajstić information content (AvgIpc) is 2.98. The molecule has 1 aliphatic heterocycles. The van der Waals surface area contributed by atoms with E-state index in [1.807, 2.05) is 18.4 Å². The van der Waals surface area contributed by atoms with Crippen LogP contribution in [-0.4, -0.2) is 28.8 Å². The predicted molar refractivity (Wildman–Crippen MR) is 78.5 cm³/mol. The first kappa shape index (κ1) is 14.1. The fraction of sp³-hybridized carbons (Fsp3) is 0.417. The zero-order valence-electron chi connectivity index (χ0n) is 11.1. The smallest absolute Gasteiger partial charge is 0.264 e. The molecule has 0 amide bonds. The van der Waals surface area contributed by atoms with Crippen LogP contribution in [0.1, 0.15) is 23.4 Å². The van der Waals surface area contributed by atoms with E-state index in [1.54, 1.807) is 18.4 Å². The van der Waals surface area contributed by atoms with Crippen molar-refractivity contribution < 1.29 is 8.42 Å². The summed E-state index contributed by atoms with van der Waals surface area (Å²) in [6.07, 6.45) is 2.15. The number of nitrogens with zero attached hydrogens (tertiary/aromatic N) is 3. The van der Waals surface area contributed by atoms with Crippen LogP contribution in [0.2, 0.25) is 5.15 Å². The van der Waals surface area contributed by atoms with Crippen LogP contribution in [0.5, 0.6) is 0 Å². The van der Waals surface area contributed by atoms with Gasteiger partial charge in [-0.05, 0) is 30.4 Å². The molecule has 1 atom stereocenters. The summed E-state index contributed by atoms with van der Waals surface area (Å²) in [6, 6.07) is 1.81. The van der Waals surface area contributed by atoms with Crippen LogP contribution in [0.4, 0.5) is 0 Å². The molecule has 0 radical (unpaired) electrons. The number of hydrogen-bond donors (Lipinski definition) is 0. The molecule has 0 saturated heterocycles. The predicted octanol–water partition coefficient (Wildman–Crippen LogP) is 2.44. The zero-order chi connectivity index (χ0) is 14.5. The maximum atomic E-state index is 12.7. The van der Waals surface area contributed by atoms with E-state index in [-0.39, 0.29) is 16.2 Å². The van der Waals surface area contributed by atoms with Crippen molar-refractivity contribution in [2.45, 2.75) is 24.4 Å². The third-order valence-electron chi connectivity index (χ3n) is 3.61. The SMILES string of the molecule is CC1c2ccsc2CCN1S(=O)(=O)c1ncn(C)c1Cl. The summed E-state index contributed by atoms with van der Waals surface area (Å²) in [4.78, 5) is 5.20. The number of aryl methyl sites for hydroxylation is 1. The molecule has 1 unspecified atom stereocenters. The Kier molecular flexibility index (Phi) is 3.40. The number of sulfonamides is 1. The van der Waals surface area contributed by atoms with Gasteiger partial charge in [0.1, 0.15) is 5.15 Å². The van der Waals surface area contributed by atoms with Crippen molar-refractivity contribution in [3.05, 3.63) is 33.4 Å². The highest BCUT2D eigenvalue weighted by atomic mass is 35.5. The topological polar surface area (TPSA) is 55.2 Å². The minimum atomic E-state index is -3.67. The second-order valence-corrected chi connectivity index (χ2v) is 7.96. The first-order valence-corrected chi connectivity index (χ1v) is 8.87.